The molecule has 2 aromatic carbocycles. The molecule has 5 rings (SSSR count). The van der Waals surface area contributed by atoms with Crippen LogP contribution < -0.4 is 4.74 Å². The van der Waals surface area contributed by atoms with Crippen molar-refractivity contribution in [1.82, 2.24) is 9.88 Å². The Morgan fingerprint density at radius 2 is 2.00 bits per heavy atom. The Morgan fingerprint density at radius 1 is 1.16 bits per heavy atom. The molecular weight excluding hydrogens is 474 g/mol. The van der Waals surface area contributed by atoms with E-state index in [4.69, 9.17) is 9.72 Å². The molecule has 0 fully saturated rings. The second-order valence-corrected chi connectivity index (χ2v) is 10.1. The lowest BCUT2D eigenvalue weighted by atomic mass is 9.84. The molecule has 3 heterocycles. The lowest BCUT2D eigenvalue weighted by molar-refractivity contribution is -0.136. The van der Waals surface area contributed by atoms with Crippen molar-refractivity contribution in [2.45, 2.75) is 58.9 Å². The second kappa shape index (κ2) is 10.6. The van der Waals surface area contributed by atoms with Crippen LogP contribution in [0.15, 0.2) is 30.3 Å². The first kappa shape index (κ1) is 25.3. The Balaban J connectivity index is 1.52. The maximum atomic E-state index is 15.3. The summed E-state index contributed by atoms with van der Waals surface area (Å²) >= 11 is 0. The fourth-order valence-electron chi connectivity index (χ4n) is 5.79. The Hall–Kier alpha value is -3.32. The second-order valence-electron chi connectivity index (χ2n) is 10.1. The molecule has 0 spiro atoms. The number of carbonyl (C=O) groups is 1. The summed E-state index contributed by atoms with van der Waals surface area (Å²) in [4.78, 5) is 19.0. The van der Waals surface area contributed by atoms with Gasteiger partial charge in [-0.3, -0.25) is 14.7 Å². The average Bonchev–Trinajstić information content (AvgIpc) is 2.87. The molecule has 0 unspecified atom stereocenters. The van der Waals surface area contributed by atoms with E-state index in [1.807, 2.05) is 19.9 Å². The summed E-state index contributed by atoms with van der Waals surface area (Å²) in [6, 6.07) is 8.22. The predicted molar refractivity (Wildman–Crippen MR) is 138 cm³/mol. The molecule has 0 saturated heterocycles. The van der Waals surface area contributed by atoms with Gasteiger partial charge in [0.2, 0.25) is 0 Å². The molecule has 0 amide bonds. The monoisotopic (exact) mass is 506 g/mol. The Kier molecular flexibility index (Phi) is 7.24. The standard InChI is InChI=1S/C30H32F2N2O3/c1-18-22-9-5-13-37-30(22)26(32)15-23(18)29-24(16-28(35)36)19(2)33-27-10-12-34(17-25(27)29)11-4-7-20-6-3-8-21(31)14-20/h3,6,8,14-15H,4-5,7,9-13,16-17H2,1-2H3,(H,35,36). The summed E-state index contributed by atoms with van der Waals surface area (Å²) in [5, 5.41) is 9.72. The molecule has 0 saturated carbocycles. The van der Waals surface area contributed by atoms with Gasteiger partial charge in [-0.25, -0.2) is 8.78 Å². The topological polar surface area (TPSA) is 62.7 Å². The molecule has 3 aromatic rings. The van der Waals surface area contributed by atoms with Gasteiger partial charge >= 0.3 is 5.97 Å². The van der Waals surface area contributed by atoms with E-state index in [9.17, 15) is 14.3 Å². The number of nitrogens with zero attached hydrogens (tertiary/aromatic N) is 2. The number of benzene rings is 2. The van der Waals surface area contributed by atoms with Crippen LogP contribution in [0.3, 0.4) is 0 Å². The van der Waals surface area contributed by atoms with E-state index >= 15 is 4.39 Å². The summed E-state index contributed by atoms with van der Waals surface area (Å²) in [5.74, 6) is -1.23. The highest BCUT2D eigenvalue weighted by atomic mass is 19.1. The van der Waals surface area contributed by atoms with Gasteiger partial charge in [0.05, 0.1) is 13.0 Å². The molecule has 0 bridgehead atoms. The fourth-order valence-corrected chi connectivity index (χ4v) is 5.79. The van der Waals surface area contributed by atoms with Crippen molar-refractivity contribution in [2.24, 2.45) is 0 Å². The van der Waals surface area contributed by atoms with E-state index < -0.39 is 11.8 Å². The number of ether oxygens (including phenoxy) is 1. The molecule has 7 heteroatoms. The lowest BCUT2D eigenvalue weighted by Gasteiger charge is -2.32. The normalized spacial score (nSPS) is 15.1. The zero-order chi connectivity index (χ0) is 26.1. The van der Waals surface area contributed by atoms with Gasteiger partial charge in [-0.15, -0.1) is 0 Å². The van der Waals surface area contributed by atoms with E-state index in [2.05, 4.69) is 4.90 Å². The maximum absolute atomic E-state index is 15.3. The van der Waals surface area contributed by atoms with Crippen LogP contribution in [0, 0.1) is 25.5 Å². The van der Waals surface area contributed by atoms with E-state index in [0.29, 0.717) is 30.2 Å². The van der Waals surface area contributed by atoms with Crippen molar-refractivity contribution in [3.05, 3.63) is 81.2 Å². The minimum Gasteiger partial charge on any atom is -0.490 e. The number of aromatic nitrogens is 1. The van der Waals surface area contributed by atoms with Crippen LogP contribution in [0.2, 0.25) is 0 Å². The van der Waals surface area contributed by atoms with Crippen molar-refractivity contribution < 1.29 is 23.4 Å². The number of fused-ring (bicyclic) bond motifs is 2. The number of hydrogen-bond donors (Lipinski definition) is 1. The highest BCUT2D eigenvalue weighted by Crippen LogP contribution is 2.42. The highest BCUT2D eigenvalue weighted by molar-refractivity contribution is 5.82. The summed E-state index contributed by atoms with van der Waals surface area (Å²) in [6.45, 7) is 6.60. The third-order valence-corrected chi connectivity index (χ3v) is 7.60. The molecule has 2 aliphatic heterocycles. The zero-order valence-corrected chi connectivity index (χ0v) is 21.4. The van der Waals surface area contributed by atoms with Crippen LogP contribution in [0.4, 0.5) is 8.78 Å². The molecule has 2 aliphatic rings. The Bertz CT molecular complexity index is 1360. The molecule has 0 aliphatic carbocycles. The van der Waals surface area contributed by atoms with Gasteiger partial charge in [0, 0.05) is 36.5 Å². The summed E-state index contributed by atoms with van der Waals surface area (Å²) in [7, 11) is 0. The maximum Gasteiger partial charge on any atom is 0.307 e. The van der Waals surface area contributed by atoms with Gasteiger partial charge in [-0.1, -0.05) is 12.1 Å². The highest BCUT2D eigenvalue weighted by Gasteiger charge is 2.29. The molecule has 0 atom stereocenters. The number of carboxylic acids is 1. The third kappa shape index (κ3) is 5.23. The fraction of sp³-hybridized carbons (Fsp3) is 0.400. The Morgan fingerprint density at radius 3 is 2.78 bits per heavy atom. The van der Waals surface area contributed by atoms with Crippen LogP contribution in [0.1, 0.15) is 52.0 Å². The SMILES string of the molecule is Cc1nc2c(c(-c3cc(F)c4c(c3C)CCCO4)c1CC(=O)O)CN(CCCc1cccc(F)c1)CC2. The average molecular weight is 507 g/mol. The largest absolute Gasteiger partial charge is 0.490 e. The molecule has 1 aromatic heterocycles. The van der Waals surface area contributed by atoms with E-state index in [1.165, 1.54) is 12.1 Å². The first-order chi connectivity index (χ1) is 17.8. The summed E-state index contributed by atoms with van der Waals surface area (Å²) in [6.07, 6.45) is 3.78. The van der Waals surface area contributed by atoms with E-state index in [-0.39, 0.29) is 12.2 Å². The quantitative estimate of drug-likeness (QED) is 0.453. The molecule has 0 radical (unpaired) electrons. The summed E-state index contributed by atoms with van der Waals surface area (Å²) < 4.78 is 34.5. The smallest absolute Gasteiger partial charge is 0.307 e. The molecule has 37 heavy (non-hydrogen) atoms. The van der Waals surface area contributed by atoms with Gasteiger partial charge in [-0.2, -0.15) is 0 Å². The van der Waals surface area contributed by atoms with Crippen LogP contribution in [-0.2, 0) is 37.0 Å². The van der Waals surface area contributed by atoms with Crippen molar-refractivity contribution in [1.29, 1.82) is 0 Å². The minimum absolute atomic E-state index is 0.171. The van der Waals surface area contributed by atoms with Crippen LogP contribution in [-0.4, -0.2) is 40.7 Å². The Labute approximate surface area is 216 Å². The molecule has 5 nitrogen and oxygen atoms in total. The van der Waals surface area contributed by atoms with Gasteiger partial charge in [-0.05, 0) is 97.7 Å². The number of rotatable bonds is 7. The van der Waals surface area contributed by atoms with Crippen molar-refractivity contribution in [2.75, 3.05) is 19.7 Å². The van der Waals surface area contributed by atoms with Crippen LogP contribution >= 0.6 is 0 Å². The zero-order valence-electron chi connectivity index (χ0n) is 21.4. The predicted octanol–water partition coefficient (Wildman–Crippen LogP) is 5.59. The first-order valence-corrected chi connectivity index (χ1v) is 13.0. The first-order valence-electron chi connectivity index (χ1n) is 13.0. The number of halogens is 2. The lowest BCUT2D eigenvalue weighted by Crippen LogP contribution is -2.33. The number of carboxylic acid groups (broad SMARTS) is 1. The van der Waals surface area contributed by atoms with Crippen molar-refractivity contribution in [3.8, 4) is 16.9 Å². The van der Waals surface area contributed by atoms with Gasteiger partial charge in [0.25, 0.3) is 0 Å². The van der Waals surface area contributed by atoms with E-state index in [1.54, 1.807) is 12.1 Å². The molecular formula is C30H32F2N2O3. The number of aliphatic carboxylic acids is 1. The van der Waals surface area contributed by atoms with E-state index in [0.717, 1.165) is 84.3 Å². The number of aryl methyl sites for hydroxylation is 2. The van der Waals surface area contributed by atoms with Crippen LogP contribution in [0.5, 0.6) is 5.75 Å². The van der Waals surface area contributed by atoms with Crippen molar-refractivity contribution in [3.63, 3.8) is 0 Å². The van der Waals surface area contributed by atoms with Crippen molar-refractivity contribution >= 4 is 5.97 Å². The number of pyridine rings is 1. The number of hydrogen-bond acceptors (Lipinski definition) is 4. The minimum atomic E-state index is -0.937. The molecule has 1 N–H and O–H groups in total. The molecule has 194 valence electrons. The van der Waals surface area contributed by atoms with Crippen LogP contribution in [0.25, 0.3) is 11.1 Å². The van der Waals surface area contributed by atoms with Gasteiger partial charge < -0.3 is 9.84 Å². The summed E-state index contributed by atoms with van der Waals surface area (Å²) in [5.41, 5.74) is 7.60. The third-order valence-electron chi connectivity index (χ3n) is 7.60. The van der Waals surface area contributed by atoms with Gasteiger partial charge in [0.15, 0.2) is 11.6 Å². The van der Waals surface area contributed by atoms with Gasteiger partial charge in [0.1, 0.15) is 5.82 Å².